The van der Waals surface area contributed by atoms with Crippen molar-refractivity contribution in [2.75, 3.05) is 13.3 Å². The van der Waals surface area contributed by atoms with Crippen LogP contribution < -0.4 is 14.8 Å². The lowest BCUT2D eigenvalue weighted by Crippen LogP contribution is -2.17. The summed E-state index contributed by atoms with van der Waals surface area (Å²) < 4.78 is 11.8. The Hall–Kier alpha value is -1.59. The SMILES string of the molecule is Brc1cc2c(cc1CNCCc1ccccn1)OCO2. The van der Waals surface area contributed by atoms with Crippen LogP contribution in [0, 0.1) is 0 Å². The van der Waals surface area contributed by atoms with Gasteiger partial charge >= 0.3 is 0 Å². The minimum Gasteiger partial charge on any atom is -0.454 e. The highest BCUT2D eigenvalue weighted by Crippen LogP contribution is 2.36. The Bertz CT molecular complexity index is 590. The van der Waals surface area contributed by atoms with Crippen molar-refractivity contribution < 1.29 is 9.47 Å². The number of benzene rings is 1. The van der Waals surface area contributed by atoms with E-state index in [0.29, 0.717) is 6.79 Å². The van der Waals surface area contributed by atoms with Crippen molar-refractivity contribution in [1.82, 2.24) is 10.3 Å². The lowest BCUT2D eigenvalue weighted by molar-refractivity contribution is 0.174. The van der Waals surface area contributed by atoms with Crippen LogP contribution in [0.5, 0.6) is 11.5 Å². The molecule has 1 aliphatic heterocycles. The van der Waals surface area contributed by atoms with Crippen molar-refractivity contribution in [2.24, 2.45) is 0 Å². The van der Waals surface area contributed by atoms with Crippen molar-refractivity contribution in [3.05, 3.63) is 52.3 Å². The third-order valence-electron chi connectivity index (χ3n) is 3.14. The number of fused-ring (bicyclic) bond motifs is 1. The van der Waals surface area contributed by atoms with Crippen molar-refractivity contribution >= 4 is 15.9 Å². The first-order valence-corrected chi connectivity index (χ1v) is 7.31. The summed E-state index contributed by atoms with van der Waals surface area (Å²) >= 11 is 3.56. The molecular formula is C15H15BrN2O2. The van der Waals surface area contributed by atoms with E-state index < -0.39 is 0 Å². The average molecular weight is 335 g/mol. The van der Waals surface area contributed by atoms with E-state index >= 15 is 0 Å². The van der Waals surface area contributed by atoms with Crippen molar-refractivity contribution in [3.63, 3.8) is 0 Å². The maximum Gasteiger partial charge on any atom is 0.231 e. The Morgan fingerprint density at radius 2 is 2.05 bits per heavy atom. The number of nitrogens with zero attached hydrogens (tertiary/aromatic N) is 1. The van der Waals surface area contributed by atoms with Gasteiger partial charge in [-0.3, -0.25) is 4.98 Å². The van der Waals surface area contributed by atoms with E-state index in [1.807, 2.05) is 36.5 Å². The van der Waals surface area contributed by atoms with Crippen LogP contribution in [0.1, 0.15) is 11.3 Å². The standard InChI is InChI=1S/C15H15BrN2O2/c16-13-8-15-14(19-10-20-15)7-11(13)9-17-6-4-12-3-1-2-5-18-12/h1-3,5,7-8,17H,4,6,9-10H2. The minimum absolute atomic E-state index is 0.304. The smallest absolute Gasteiger partial charge is 0.231 e. The summed E-state index contributed by atoms with van der Waals surface area (Å²) in [5.74, 6) is 1.61. The van der Waals surface area contributed by atoms with E-state index in [1.165, 1.54) is 0 Å². The molecule has 1 aliphatic rings. The molecule has 2 aromatic rings. The van der Waals surface area contributed by atoms with Crippen LogP contribution >= 0.6 is 15.9 Å². The van der Waals surface area contributed by atoms with Crippen LogP contribution in [0.4, 0.5) is 0 Å². The molecule has 1 N–H and O–H groups in total. The summed E-state index contributed by atoms with van der Waals surface area (Å²) in [6.45, 7) is 1.97. The highest BCUT2D eigenvalue weighted by atomic mass is 79.9. The number of aromatic nitrogens is 1. The van der Waals surface area contributed by atoms with E-state index in [4.69, 9.17) is 9.47 Å². The lowest BCUT2D eigenvalue weighted by atomic mass is 10.2. The number of hydrogen-bond acceptors (Lipinski definition) is 4. The largest absolute Gasteiger partial charge is 0.454 e. The predicted molar refractivity (Wildman–Crippen MR) is 79.9 cm³/mol. The third-order valence-corrected chi connectivity index (χ3v) is 3.88. The molecule has 0 bridgehead atoms. The van der Waals surface area contributed by atoms with Gasteiger partial charge in [0.05, 0.1) is 0 Å². The van der Waals surface area contributed by atoms with E-state index in [0.717, 1.165) is 46.7 Å². The zero-order valence-corrected chi connectivity index (χ0v) is 12.5. The maximum absolute atomic E-state index is 5.39. The van der Waals surface area contributed by atoms with E-state index in [1.54, 1.807) is 0 Å². The van der Waals surface area contributed by atoms with Crippen LogP contribution in [-0.4, -0.2) is 18.3 Å². The lowest BCUT2D eigenvalue weighted by Gasteiger charge is -2.08. The van der Waals surface area contributed by atoms with Gasteiger partial charge in [0.25, 0.3) is 0 Å². The van der Waals surface area contributed by atoms with E-state index in [9.17, 15) is 0 Å². The zero-order chi connectivity index (χ0) is 13.8. The molecule has 3 rings (SSSR count). The van der Waals surface area contributed by atoms with Gasteiger partial charge in [-0.25, -0.2) is 0 Å². The van der Waals surface area contributed by atoms with Crippen molar-refractivity contribution in [2.45, 2.75) is 13.0 Å². The second-order valence-electron chi connectivity index (χ2n) is 4.54. The van der Waals surface area contributed by atoms with Gasteiger partial charge in [-0.15, -0.1) is 0 Å². The van der Waals surface area contributed by atoms with Crippen LogP contribution in [0.2, 0.25) is 0 Å². The average Bonchev–Trinajstić information content (AvgIpc) is 2.91. The molecule has 1 aromatic carbocycles. The summed E-state index contributed by atoms with van der Waals surface area (Å²) in [5, 5.41) is 3.42. The Kier molecular flexibility index (Phi) is 4.18. The molecule has 20 heavy (non-hydrogen) atoms. The molecule has 1 aromatic heterocycles. The van der Waals surface area contributed by atoms with Gasteiger partial charge in [0, 0.05) is 35.9 Å². The number of nitrogens with one attached hydrogen (secondary N) is 1. The molecule has 0 saturated carbocycles. The van der Waals surface area contributed by atoms with Gasteiger partial charge in [0.1, 0.15) is 0 Å². The number of halogens is 1. The van der Waals surface area contributed by atoms with Crippen molar-refractivity contribution in [1.29, 1.82) is 0 Å². The molecule has 0 radical (unpaired) electrons. The molecule has 0 amide bonds. The summed E-state index contributed by atoms with van der Waals surface area (Å²) in [5.41, 5.74) is 2.26. The first-order valence-electron chi connectivity index (χ1n) is 6.51. The fraction of sp³-hybridized carbons (Fsp3) is 0.267. The maximum atomic E-state index is 5.39. The fourth-order valence-electron chi connectivity index (χ4n) is 2.08. The molecule has 0 saturated heterocycles. The number of pyridine rings is 1. The molecule has 104 valence electrons. The Labute approximate surface area is 126 Å². The van der Waals surface area contributed by atoms with E-state index in [2.05, 4.69) is 26.2 Å². The first kappa shape index (κ1) is 13.4. The van der Waals surface area contributed by atoms with Crippen LogP contribution in [-0.2, 0) is 13.0 Å². The topological polar surface area (TPSA) is 43.4 Å². The van der Waals surface area contributed by atoms with Gasteiger partial charge in [-0.05, 0) is 29.8 Å². The molecule has 0 atom stereocenters. The highest BCUT2D eigenvalue weighted by Gasteiger charge is 2.15. The molecule has 5 heteroatoms. The van der Waals surface area contributed by atoms with Gasteiger partial charge in [0.2, 0.25) is 6.79 Å². The van der Waals surface area contributed by atoms with Crippen LogP contribution in [0.25, 0.3) is 0 Å². The second kappa shape index (κ2) is 6.24. The third kappa shape index (κ3) is 3.11. The van der Waals surface area contributed by atoms with Gasteiger partial charge in [-0.2, -0.15) is 0 Å². The van der Waals surface area contributed by atoms with Gasteiger partial charge < -0.3 is 14.8 Å². The highest BCUT2D eigenvalue weighted by molar-refractivity contribution is 9.10. The normalized spacial score (nSPS) is 12.7. The monoisotopic (exact) mass is 334 g/mol. The quantitative estimate of drug-likeness (QED) is 0.854. The molecule has 0 spiro atoms. The molecule has 0 unspecified atom stereocenters. The zero-order valence-electron chi connectivity index (χ0n) is 10.9. The molecule has 4 nitrogen and oxygen atoms in total. The number of rotatable bonds is 5. The second-order valence-corrected chi connectivity index (χ2v) is 5.40. The Morgan fingerprint density at radius 3 is 2.85 bits per heavy atom. The number of hydrogen-bond donors (Lipinski definition) is 1. The summed E-state index contributed by atoms with van der Waals surface area (Å²) in [6.07, 6.45) is 2.74. The summed E-state index contributed by atoms with van der Waals surface area (Å²) in [4.78, 5) is 4.30. The van der Waals surface area contributed by atoms with Crippen LogP contribution in [0.15, 0.2) is 41.0 Å². The van der Waals surface area contributed by atoms with E-state index in [-0.39, 0.29) is 0 Å². The predicted octanol–water partition coefficient (Wildman–Crippen LogP) is 2.91. The molecule has 0 fully saturated rings. The number of ether oxygens (including phenoxy) is 2. The van der Waals surface area contributed by atoms with Gasteiger partial charge in [-0.1, -0.05) is 22.0 Å². The summed E-state index contributed by atoms with van der Waals surface area (Å²) in [7, 11) is 0. The van der Waals surface area contributed by atoms with Crippen molar-refractivity contribution in [3.8, 4) is 11.5 Å². The fourth-order valence-corrected chi connectivity index (χ4v) is 2.54. The minimum atomic E-state index is 0.304. The molecule has 2 heterocycles. The van der Waals surface area contributed by atoms with Crippen LogP contribution in [0.3, 0.4) is 0 Å². The van der Waals surface area contributed by atoms with Gasteiger partial charge in [0.15, 0.2) is 11.5 Å². The molecule has 0 aliphatic carbocycles. The first-order chi connectivity index (χ1) is 9.83. The molecular weight excluding hydrogens is 320 g/mol. The Morgan fingerprint density at radius 1 is 1.20 bits per heavy atom. The Balaban J connectivity index is 1.54. The summed E-state index contributed by atoms with van der Waals surface area (Å²) in [6, 6.07) is 9.95.